The number of nitrogens with one attached hydrogen (secondary N) is 1. The molecule has 3 rings (SSSR count). The Balaban J connectivity index is 1.47. The molecule has 1 aliphatic heterocycles. The van der Waals surface area contributed by atoms with Gasteiger partial charge in [0.2, 0.25) is 11.8 Å². The van der Waals surface area contributed by atoms with Gasteiger partial charge in [-0.05, 0) is 38.3 Å². The van der Waals surface area contributed by atoms with Crippen LogP contribution in [0.5, 0.6) is 0 Å². The van der Waals surface area contributed by atoms with Crippen molar-refractivity contribution < 1.29 is 19.1 Å². The van der Waals surface area contributed by atoms with Crippen LogP contribution in [0.3, 0.4) is 0 Å². The maximum absolute atomic E-state index is 12.6. The molecule has 1 saturated heterocycles. The molecule has 1 N–H and O–H groups in total. The van der Waals surface area contributed by atoms with Crippen LogP contribution in [0.4, 0.5) is 0 Å². The first-order valence-electron chi connectivity index (χ1n) is 11.0. The molecule has 9 nitrogen and oxygen atoms in total. The number of hydrogen-bond donors (Lipinski definition) is 1. The quantitative estimate of drug-likeness (QED) is 0.620. The zero-order valence-electron chi connectivity index (χ0n) is 18.6. The van der Waals surface area contributed by atoms with Crippen LogP contribution in [-0.4, -0.2) is 70.8 Å². The fourth-order valence-corrected chi connectivity index (χ4v) is 3.90. The van der Waals surface area contributed by atoms with Gasteiger partial charge in [-0.1, -0.05) is 12.1 Å². The van der Waals surface area contributed by atoms with Crippen LogP contribution < -0.4 is 5.56 Å². The number of benzene rings is 1. The maximum atomic E-state index is 12.6. The normalized spacial score (nSPS) is 16.1. The predicted molar refractivity (Wildman–Crippen MR) is 119 cm³/mol. The number of carbonyl (C=O) groups is 3. The third-order valence-electron chi connectivity index (χ3n) is 5.66. The molecule has 2 aromatic rings. The van der Waals surface area contributed by atoms with Gasteiger partial charge in [-0.2, -0.15) is 0 Å². The van der Waals surface area contributed by atoms with Crippen molar-refractivity contribution in [2.45, 2.75) is 39.0 Å². The first-order chi connectivity index (χ1) is 15.4. The Morgan fingerprint density at radius 1 is 1.28 bits per heavy atom. The summed E-state index contributed by atoms with van der Waals surface area (Å²) < 4.78 is 5.07. The molecule has 0 radical (unpaired) electrons. The second-order valence-corrected chi connectivity index (χ2v) is 8.06. The van der Waals surface area contributed by atoms with Gasteiger partial charge in [-0.3, -0.25) is 19.2 Å². The monoisotopic (exact) mass is 442 g/mol. The number of aryl methyl sites for hydroxylation is 1. The lowest BCUT2D eigenvalue weighted by molar-refractivity contribution is -0.152. The summed E-state index contributed by atoms with van der Waals surface area (Å²) in [5.74, 6) is -0.352. The SMILES string of the molecule is CCOC(=O)C1CCCN(C(=O)CN(C)C(=O)CCCc2nc3ccccc3c(=O)[nH]2)C1. The number of nitrogens with zero attached hydrogens (tertiary/aromatic N) is 3. The topological polar surface area (TPSA) is 113 Å². The highest BCUT2D eigenvalue weighted by Gasteiger charge is 2.30. The van der Waals surface area contributed by atoms with Crippen LogP contribution in [0.1, 0.15) is 38.4 Å². The van der Waals surface area contributed by atoms with Gasteiger partial charge in [0.1, 0.15) is 5.82 Å². The first-order valence-corrected chi connectivity index (χ1v) is 11.0. The van der Waals surface area contributed by atoms with Gasteiger partial charge in [-0.15, -0.1) is 0 Å². The Bertz CT molecular complexity index is 1030. The van der Waals surface area contributed by atoms with E-state index < -0.39 is 0 Å². The molecule has 0 bridgehead atoms. The molecule has 0 saturated carbocycles. The Kier molecular flexibility index (Phi) is 7.97. The minimum atomic E-state index is -0.301. The van der Waals surface area contributed by atoms with Crippen LogP contribution in [0.25, 0.3) is 10.9 Å². The van der Waals surface area contributed by atoms with E-state index in [9.17, 15) is 19.2 Å². The van der Waals surface area contributed by atoms with Gasteiger partial charge in [0, 0.05) is 33.0 Å². The molecule has 0 aliphatic carbocycles. The van der Waals surface area contributed by atoms with Gasteiger partial charge in [0.25, 0.3) is 5.56 Å². The Morgan fingerprint density at radius 2 is 2.06 bits per heavy atom. The van der Waals surface area contributed by atoms with E-state index in [-0.39, 0.29) is 42.2 Å². The minimum Gasteiger partial charge on any atom is -0.466 e. The lowest BCUT2D eigenvalue weighted by atomic mass is 9.98. The number of H-pyrrole nitrogens is 1. The molecule has 1 aromatic carbocycles. The van der Waals surface area contributed by atoms with Crippen molar-refractivity contribution >= 4 is 28.7 Å². The molecular weight excluding hydrogens is 412 g/mol. The molecule has 2 heterocycles. The van der Waals surface area contributed by atoms with Crippen LogP contribution in [0.15, 0.2) is 29.1 Å². The number of aromatic amines is 1. The van der Waals surface area contributed by atoms with Crippen LogP contribution in [-0.2, 0) is 25.5 Å². The summed E-state index contributed by atoms with van der Waals surface area (Å²) in [5.41, 5.74) is 0.435. The number of likely N-dealkylation sites (tertiary alicyclic amines) is 1. The van der Waals surface area contributed by atoms with E-state index in [1.807, 2.05) is 6.07 Å². The fourth-order valence-electron chi connectivity index (χ4n) is 3.90. The number of piperidine rings is 1. The molecule has 1 aliphatic rings. The lowest BCUT2D eigenvalue weighted by Gasteiger charge is -2.32. The molecule has 32 heavy (non-hydrogen) atoms. The number of likely N-dealkylation sites (N-methyl/N-ethyl adjacent to an activating group) is 1. The lowest BCUT2D eigenvalue weighted by Crippen LogP contribution is -2.47. The summed E-state index contributed by atoms with van der Waals surface area (Å²) >= 11 is 0. The second kappa shape index (κ2) is 10.9. The van der Waals surface area contributed by atoms with Crippen molar-refractivity contribution in [2.75, 3.05) is 33.3 Å². The Labute approximate surface area is 186 Å². The van der Waals surface area contributed by atoms with Crippen LogP contribution in [0.2, 0.25) is 0 Å². The van der Waals surface area contributed by atoms with Crippen molar-refractivity contribution in [3.8, 4) is 0 Å². The second-order valence-electron chi connectivity index (χ2n) is 8.06. The highest BCUT2D eigenvalue weighted by atomic mass is 16.5. The number of hydrogen-bond acceptors (Lipinski definition) is 6. The van der Waals surface area contributed by atoms with E-state index in [0.29, 0.717) is 55.7 Å². The Morgan fingerprint density at radius 3 is 2.84 bits per heavy atom. The van der Waals surface area contributed by atoms with E-state index >= 15 is 0 Å². The van der Waals surface area contributed by atoms with Crippen molar-refractivity contribution in [3.63, 3.8) is 0 Å². The van der Waals surface area contributed by atoms with Gasteiger partial charge in [-0.25, -0.2) is 4.98 Å². The van der Waals surface area contributed by atoms with Gasteiger partial charge >= 0.3 is 5.97 Å². The van der Waals surface area contributed by atoms with Crippen molar-refractivity contribution in [3.05, 3.63) is 40.4 Å². The zero-order valence-corrected chi connectivity index (χ0v) is 18.6. The Hall–Kier alpha value is -3.23. The smallest absolute Gasteiger partial charge is 0.310 e. The average Bonchev–Trinajstić information content (AvgIpc) is 2.79. The molecule has 2 amide bonds. The summed E-state index contributed by atoms with van der Waals surface area (Å²) in [6.45, 7) is 2.97. The third kappa shape index (κ3) is 5.93. The predicted octanol–water partition coefficient (Wildman–Crippen LogP) is 1.51. The number of aromatic nitrogens is 2. The number of fused-ring (bicyclic) bond motifs is 1. The number of ether oxygens (including phenoxy) is 1. The fraction of sp³-hybridized carbons (Fsp3) is 0.522. The van der Waals surface area contributed by atoms with Crippen LogP contribution >= 0.6 is 0 Å². The minimum absolute atomic E-state index is 0.0283. The summed E-state index contributed by atoms with van der Waals surface area (Å²) in [6, 6.07) is 7.12. The van der Waals surface area contributed by atoms with Gasteiger partial charge in [0.15, 0.2) is 0 Å². The van der Waals surface area contributed by atoms with E-state index in [0.717, 1.165) is 6.42 Å². The summed E-state index contributed by atoms with van der Waals surface area (Å²) in [5, 5.41) is 0.536. The third-order valence-corrected chi connectivity index (χ3v) is 5.66. The summed E-state index contributed by atoms with van der Waals surface area (Å²) in [6.07, 6.45) is 2.66. The standard InChI is InChI=1S/C23H30N4O5/c1-3-32-23(31)16-8-7-13-27(14-16)21(29)15-26(2)20(28)12-6-11-19-24-18-10-5-4-9-17(18)22(30)25-19/h4-5,9-10,16H,3,6-8,11-15H2,1-2H3,(H,24,25,30). The van der Waals surface area contributed by atoms with Crippen molar-refractivity contribution in [2.24, 2.45) is 5.92 Å². The zero-order chi connectivity index (χ0) is 23.1. The average molecular weight is 443 g/mol. The largest absolute Gasteiger partial charge is 0.466 e. The van der Waals surface area contributed by atoms with Gasteiger partial charge < -0.3 is 19.5 Å². The van der Waals surface area contributed by atoms with Gasteiger partial charge in [0.05, 0.1) is 30.0 Å². The maximum Gasteiger partial charge on any atom is 0.310 e. The van der Waals surface area contributed by atoms with E-state index in [2.05, 4.69) is 9.97 Å². The van der Waals surface area contributed by atoms with Crippen molar-refractivity contribution in [1.82, 2.24) is 19.8 Å². The molecular formula is C23H30N4O5. The van der Waals surface area contributed by atoms with Crippen molar-refractivity contribution in [1.29, 1.82) is 0 Å². The van der Waals surface area contributed by atoms with E-state index in [1.54, 1.807) is 37.1 Å². The summed E-state index contributed by atoms with van der Waals surface area (Å²) in [4.78, 5) is 59.5. The number of rotatable bonds is 8. The first kappa shape index (κ1) is 23.4. The molecule has 0 spiro atoms. The molecule has 1 fully saturated rings. The van der Waals surface area contributed by atoms with E-state index in [4.69, 9.17) is 4.74 Å². The van der Waals surface area contributed by atoms with Crippen LogP contribution in [0, 0.1) is 5.92 Å². The molecule has 172 valence electrons. The highest BCUT2D eigenvalue weighted by molar-refractivity contribution is 5.85. The number of amides is 2. The highest BCUT2D eigenvalue weighted by Crippen LogP contribution is 2.18. The van der Waals surface area contributed by atoms with E-state index in [1.165, 1.54) is 4.90 Å². The molecule has 1 aromatic heterocycles. The number of para-hydroxylation sites is 1. The number of carbonyl (C=O) groups excluding carboxylic acids is 3. The number of esters is 1. The molecule has 1 atom stereocenters. The molecule has 9 heteroatoms. The molecule has 1 unspecified atom stereocenters. The summed E-state index contributed by atoms with van der Waals surface area (Å²) in [7, 11) is 1.60.